The van der Waals surface area contributed by atoms with Crippen molar-refractivity contribution in [3.05, 3.63) is 23.2 Å². The molecule has 1 fully saturated rings. The number of furan rings is 1. The van der Waals surface area contributed by atoms with Gasteiger partial charge in [-0.05, 0) is 36.3 Å². The summed E-state index contributed by atoms with van der Waals surface area (Å²) in [5.41, 5.74) is 0.986. The Morgan fingerprint density at radius 2 is 1.95 bits per heavy atom. The number of rotatable bonds is 5. The highest BCUT2D eigenvalue weighted by molar-refractivity contribution is 5.88. The standard InChI is InChI=1S/C15H23NO3/c1-9-11(13(17)18)6-10(19-9)7-16-8-12-14(2,3)15(12,4)5/h6,12,16H,7-8H2,1-5H3,(H,17,18). The predicted octanol–water partition coefficient (Wildman–Crippen LogP) is 3.06. The van der Waals surface area contributed by atoms with Gasteiger partial charge in [0.2, 0.25) is 0 Å². The fraction of sp³-hybridized carbons (Fsp3) is 0.667. The molecule has 0 aromatic carbocycles. The van der Waals surface area contributed by atoms with Crippen molar-refractivity contribution in [3.8, 4) is 0 Å². The molecule has 2 rings (SSSR count). The zero-order chi connectivity index (χ0) is 14.4. The SMILES string of the molecule is Cc1oc(CNCC2C(C)(C)C2(C)C)cc1C(=O)O. The van der Waals surface area contributed by atoms with Gasteiger partial charge in [-0.3, -0.25) is 0 Å². The van der Waals surface area contributed by atoms with Crippen molar-refractivity contribution in [1.82, 2.24) is 5.32 Å². The third kappa shape index (κ3) is 2.29. The van der Waals surface area contributed by atoms with E-state index in [1.807, 2.05) is 0 Å². The summed E-state index contributed by atoms with van der Waals surface area (Å²) in [5.74, 6) is 0.870. The number of aryl methyl sites for hydroxylation is 1. The minimum Gasteiger partial charge on any atom is -0.478 e. The van der Waals surface area contributed by atoms with Crippen molar-refractivity contribution < 1.29 is 14.3 Å². The monoisotopic (exact) mass is 265 g/mol. The molecule has 0 saturated heterocycles. The van der Waals surface area contributed by atoms with Crippen LogP contribution in [0.3, 0.4) is 0 Å². The molecule has 0 amide bonds. The quantitative estimate of drug-likeness (QED) is 0.859. The van der Waals surface area contributed by atoms with E-state index in [1.165, 1.54) is 0 Å². The zero-order valence-corrected chi connectivity index (χ0v) is 12.3. The van der Waals surface area contributed by atoms with Gasteiger partial charge in [-0.25, -0.2) is 4.79 Å². The minimum atomic E-state index is -0.933. The molecule has 1 saturated carbocycles. The van der Waals surface area contributed by atoms with Crippen molar-refractivity contribution in [2.75, 3.05) is 6.54 Å². The van der Waals surface area contributed by atoms with Crippen LogP contribution in [-0.4, -0.2) is 17.6 Å². The molecule has 1 aliphatic rings. The zero-order valence-electron chi connectivity index (χ0n) is 12.3. The summed E-state index contributed by atoms with van der Waals surface area (Å²) in [6.45, 7) is 12.4. The number of carboxylic acids is 1. The topological polar surface area (TPSA) is 62.5 Å². The molecule has 0 radical (unpaired) electrons. The van der Waals surface area contributed by atoms with Crippen LogP contribution in [0.4, 0.5) is 0 Å². The maximum absolute atomic E-state index is 10.9. The fourth-order valence-electron chi connectivity index (χ4n) is 3.03. The molecule has 0 atom stereocenters. The molecule has 4 nitrogen and oxygen atoms in total. The lowest BCUT2D eigenvalue weighted by Gasteiger charge is -2.04. The van der Waals surface area contributed by atoms with Crippen LogP contribution < -0.4 is 5.32 Å². The third-order valence-electron chi connectivity index (χ3n) is 5.17. The van der Waals surface area contributed by atoms with E-state index in [4.69, 9.17) is 9.52 Å². The van der Waals surface area contributed by atoms with Crippen LogP contribution in [0.25, 0.3) is 0 Å². The molecule has 1 aromatic heterocycles. The van der Waals surface area contributed by atoms with Crippen LogP contribution in [-0.2, 0) is 6.54 Å². The van der Waals surface area contributed by atoms with Gasteiger partial charge in [0, 0.05) is 0 Å². The highest BCUT2D eigenvalue weighted by Crippen LogP contribution is 2.67. The number of carboxylic acid groups (broad SMARTS) is 1. The number of aromatic carboxylic acids is 1. The highest BCUT2D eigenvalue weighted by Gasteiger charge is 2.63. The molecule has 0 bridgehead atoms. The summed E-state index contributed by atoms with van der Waals surface area (Å²) in [6, 6.07) is 1.61. The lowest BCUT2D eigenvalue weighted by molar-refractivity contribution is 0.0695. The van der Waals surface area contributed by atoms with E-state index in [2.05, 4.69) is 33.0 Å². The second-order valence-corrected chi connectivity index (χ2v) is 6.61. The van der Waals surface area contributed by atoms with Crippen LogP contribution in [0.15, 0.2) is 10.5 Å². The summed E-state index contributed by atoms with van der Waals surface area (Å²) >= 11 is 0. The van der Waals surface area contributed by atoms with Crippen LogP contribution in [0.1, 0.15) is 49.6 Å². The molecule has 4 heteroatoms. The van der Waals surface area contributed by atoms with Gasteiger partial charge in [-0.2, -0.15) is 0 Å². The molecule has 1 heterocycles. The Balaban J connectivity index is 1.88. The molecule has 19 heavy (non-hydrogen) atoms. The van der Waals surface area contributed by atoms with E-state index >= 15 is 0 Å². The highest BCUT2D eigenvalue weighted by atomic mass is 16.4. The molecule has 2 N–H and O–H groups in total. The van der Waals surface area contributed by atoms with E-state index in [-0.39, 0.29) is 5.56 Å². The number of nitrogens with one attached hydrogen (secondary N) is 1. The van der Waals surface area contributed by atoms with Gasteiger partial charge in [0.25, 0.3) is 0 Å². The fourth-order valence-corrected chi connectivity index (χ4v) is 3.03. The van der Waals surface area contributed by atoms with Gasteiger partial charge < -0.3 is 14.8 Å². The predicted molar refractivity (Wildman–Crippen MR) is 73.2 cm³/mol. The van der Waals surface area contributed by atoms with Gasteiger partial charge in [0.15, 0.2) is 0 Å². The third-order valence-corrected chi connectivity index (χ3v) is 5.17. The Labute approximate surface area is 114 Å². The van der Waals surface area contributed by atoms with Gasteiger partial charge >= 0.3 is 5.97 Å². The normalized spacial score (nSPS) is 20.5. The lowest BCUT2D eigenvalue weighted by Crippen LogP contribution is -2.18. The number of hydrogen-bond donors (Lipinski definition) is 2. The Bertz CT molecular complexity index is 485. The average molecular weight is 265 g/mol. The van der Waals surface area contributed by atoms with Gasteiger partial charge in [0.05, 0.1) is 6.54 Å². The van der Waals surface area contributed by atoms with E-state index in [1.54, 1.807) is 13.0 Å². The Kier molecular flexibility index (Phi) is 3.25. The van der Waals surface area contributed by atoms with Crippen LogP contribution in [0.2, 0.25) is 0 Å². The molecule has 106 valence electrons. The van der Waals surface area contributed by atoms with Crippen LogP contribution in [0, 0.1) is 23.7 Å². The van der Waals surface area contributed by atoms with Crippen molar-refractivity contribution in [2.24, 2.45) is 16.7 Å². The average Bonchev–Trinajstić information content (AvgIpc) is 2.61. The first-order valence-corrected chi connectivity index (χ1v) is 6.71. The van der Waals surface area contributed by atoms with Crippen molar-refractivity contribution >= 4 is 5.97 Å². The maximum Gasteiger partial charge on any atom is 0.339 e. The molecular formula is C15H23NO3. The summed E-state index contributed by atoms with van der Waals surface area (Å²) < 4.78 is 5.44. The molecule has 0 unspecified atom stereocenters. The van der Waals surface area contributed by atoms with E-state index in [9.17, 15) is 4.79 Å². The largest absolute Gasteiger partial charge is 0.478 e. The molecule has 0 aliphatic heterocycles. The van der Waals surface area contributed by atoms with Gasteiger partial charge in [-0.15, -0.1) is 0 Å². The molecule has 1 aromatic rings. The Hall–Kier alpha value is -1.29. The second kappa shape index (κ2) is 4.37. The van der Waals surface area contributed by atoms with E-state index in [0.29, 0.717) is 34.8 Å². The second-order valence-electron chi connectivity index (χ2n) is 6.61. The van der Waals surface area contributed by atoms with Crippen molar-refractivity contribution in [3.63, 3.8) is 0 Å². The minimum absolute atomic E-state index is 0.254. The van der Waals surface area contributed by atoms with Gasteiger partial charge in [0.1, 0.15) is 17.1 Å². The molecular weight excluding hydrogens is 242 g/mol. The van der Waals surface area contributed by atoms with Crippen molar-refractivity contribution in [1.29, 1.82) is 0 Å². The van der Waals surface area contributed by atoms with Crippen LogP contribution in [0.5, 0.6) is 0 Å². The Morgan fingerprint density at radius 1 is 1.37 bits per heavy atom. The molecule has 1 aliphatic carbocycles. The van der Waals surface area contributed by atoms with Gasteiger partial charge in [-0.1, -0.05) is 27.7 Å². The summed E-state index contributed by atoms with van der Waals surface area (Å²) in [5, 5.41) is 12.3. The summed E-state index contributed by atoms with van der Waals surface area (Å²) in [7, 11) is 0. The van der Waals surface area contributed by atoms with E-state index < -0.39 is 5.97 Å². The first-order valence-electron chi connectivity index (χ1n) is 6.71. The maximum atomic E-state index is 10.9. The number of carbonyl (C=O) groups is 1. The molecule has 0 spiro atoms. The summed E-state index contributed by atoms with van der Waals surface area (Å²) in [4.78, 5) is 10.9. The lowest BCUT2D eigenvalue weighted by atomic mass is 10.0. The van der Waals surface area contributed by atoms with Crippen LogP contribution >= 0.6 is 0 Å². The van der Waals surface area contributed by atoms with E-state index in [0.717, 1.165) is 6.54 Å². The smallest absolute Gasteiger partial charge is 0.339 e. The first kappa shape index (κ1) is 14.1. The Morgan fingerprint density at radius 3 is 2.37 bits per heavy atom. The van der Waals surface area contributed by atoms with Crippen molar-refractivity contribution in [2.45, 2.75) is 41.2 Å². The number of hydrogen-bond acceptors (Lipinski definition) is 3. The summed E-state index contributed by atoms with van der Waals surface area (Å²) in [6.07, 6.45) is 0. The first-order chi connectivity index (χ1) is 8.68.